The van der Waals surface area contributed by atoms with Crippen molar-refractivity contribution in [1.82, 2.24) is 9.55 Å². The summed E-state index contributed by atoms with van der Waals surface area (Å²) in [6.45, 7) is 2.76. The van der Waals surface area contributed by atoms with E-state index in [1.54, 1.807) is 0 Å². The summed E-state index contributed by atoms with van der Waals surface area (Å²) < 4.78 is 8.86. The monoisotopic (exact) mass is 393 g/mol. The number of halogens is 1. The van der Waals surface area contributed by atoms with Crippen molar-refractivity contribution in [2.45, 2.75) is 13.3 Å². The second kappa shape index (κ2) is 5.93. The number of aromatic nitrogens is 2. The number of benzene rings is 2. The van der Waals surface area contributed by atoms with Gasteiger partial charge in [0.25, 0.3) is 0 Å². The zero-order valence-electron chi connectivity index (χ0n) is 11.7. The van der Waals surface area contributed by atoms with E-state index in [2.05, 4.69) is 40.6 Å². The lowest BCUT2D eigenvalue weighted by Crippen LogP contribution is -2.02. The van der Waals surface area contributed by atoms with Crippen molar-refractivity contribution >= 4 is 39.6 Å². The number of imidazole rings is 1. The standard InChI is InChI=1S/C16H16IN3O/c1-2-10-21-14-9-5-8-13-15(14)19-16(18)20(13)12-7-4-3-6-11(12)17/h3-9H,2,10H2,1H3,(H2,18,19). The number of ether oxygens (including phenoxy) is 1. The third-order valence-corrected chi connectivity index (χ3v) is 4.14. The molecule has 0 saturated heterocycles. The summed E-state index contributed by atoms with van der Waals surface area (Å²) in [4.78, 5) is 4.50. The number of hydrogen-bond acceptors (Lipinski definition) is 3. The van der Waals surface area contributed by atoms with Gasteiger partial charge in [0.2, 0.25) is 5.95 Å². The average Bonchev–Trinajstić information content (AvgIpc) is 2.82. The van der Waals surface area contributed by atoms with Crippen molar-refractivity contribution in [1.29, 1.82) is 0 Å². The van der Waals surface area contributed by atoms with Crippen LogP contribution in [0.15, 0.2) is 42.5 Å². The molecular weight excluding hydrogens is 377 g/mol. The molecule has 0 saturated carbocycles. The Kier molecular flexibility index (Phi) is 4.01. The number of fused-ring (bicyclic) bond motifs is 1. The predicted molar refractivity (Wildman–Crippen MR) is 94.0 cm³/mol. The molecule has 0 atom stereocenters. The molecule has 1 aromatic heterocycles. The van der Waals surface area contributed by atoms with Gasteiger partial charge in [0.05, 0.1) is 17.8 Å². The molecule has 1 heterocycles. The SMILES string of the molecule is CCCOc1cccc2c1nc(N)n2-c1ccccc1I. The van der Waals surface area contributed by atoms with Gasteiger partial charge in [0.15, 0.2) is 0 Å². The van der Waals surface area contributed by atoms with Gasteiger partial charge in [-0.3, -0.25) is 4.57 Å². The van der Waals surface area contributed by atoms with Crippen LogP contribution in [0.25, 0.3) is 16.7 Å². The second-order valence-corrected chi connectivity index (χ2v) is 5.89. The van der Waals surface area contributed by atoms with Crippen LogP contribution in [0.2, 0.25) is 0 Å². The smallest absolute Gasteiger partial charge is 0.206 e. The van der Waals surface area contributed by atoms with Gasteiger partial charge in [-0.25, -0.2) is 4.98 Å². The fraction of sp³-hybridized carbons (Fsp3) is 0.188. The highest BCUT2D eigenvalue weighted by molar-refractivity contribution is 14.1. The Hall–Kier alpha value is -1.76. The van der Waals surface area contributed by atoms with Crippen molar-refractivity contribution in [2.75, 3.05) is 12.3 Å². The number of nitrogen functional groups attached to an aromatic ring is 1. The Labute approximate surface area is 137 Å². The molecule has 2 N–H and O–H groups in total. The number of para-hydroxylation sites is 2. The highest BCUT2D eigenvalue weighted by Gasteiger charge is 2.15. The number of rotatable bonds is 4. The summed E-state index contributed by atoms with van der Waals surface area (Å²) in [5.74, 6) is 1.26. The first kappa shape index (κ1) is 14.2. The van der Waals surface area contributed by atoms with Gasteiger partial charge in [0.1, 0.15) is 11.3 Å². The maximum atomic E-state index is 6.14. The van der Waals surface area contributed by atoms with E-state index in [9.17, 15) is 0 Å². The van der Waals surface area contributed by atoms with Crippen LogP contribution in [0, 0.1) is 3.57 Å². The molecule has 3 rings (SSSR count). The van der Waals surface area contributed by atoms with Gasteiger partial charge >= 0.3 is 0 Å². The van der Waals surface area contributed by atoms with Crippen LogP contribution in [0.3, 0.4) is 0 Å². The molecule has 21 heavy (non-hydrogen) atoms. The molecular formula is C16H16IN3O. The molecule has 0 aliphatic carbocycles. The number of nitrogens with two attached hydrogens (primary N) is 1. The Morgan fingerprint density at radius 3 is 2.76 bits per heavy atom. The van der Waals surface area contributed by atoms with Gasteiger partial charge in [-0.2, -0.15) is 0 Å². The van der Waals surface area contributed by atoms with Crippen LogP contribution in [0.1, 0.15) is 13.3 Å². The molecule has 0 aliphatic rings. The largest absolute Gasteiger partial charge is 0.491 e. The maximum absolute atomic E-state index is 6.14. The molecule has 0 aliphatic heterocycles. The summed E-state index contributed by atoms with van der Waals surface area (Å²) >= 11 is 2.31. The van der Waals surface area contributed by atoms with Crippen LogP contribution in [0.5, 0.6) is 5.75 Å². The first-order valence-electron chi connectivity index (χ1n) is 6.87. The first-order valence-corrected chi connectivity index (χ1v) is 7.95. The number of hydrogen-bond donors (Lipinski definition) is 1. The van der Waals surface area contributed by atoms with Crippen LogP contribution in [-0.4, -0.2) is 16.2 Å². The van der Waals surface area contributed by atoms with Crippen molar-refractivity contribution < 1.29 is 4.74 Å². The molecule has 4 nitrogen and oxygen atoms in total. The van der Waals surface area contributed by atoms with Crippen molar-refractivity contribution in [3.63, 3.8) is 0 Å². The average molecular weight is 393 g/mol. The molecule has 5 heteroatoms. The number of anilines is 1. The fourth-order valence-electron chi connectivity index (χ4n) is 2.31. The fourth-order valence-corrected chi connectivity index (χ4v) is 2.93. The van der Waals surface area contributed by atoms with Crippen LogP contribution in [0.4, 0.5) is 5.95 Å². The van der Waals surface area contributed by atoms with Crippen LogP contribution < -0.4 is 10.5 Å². The van der Waals surface area contributed by atoms with Crippen molar-refractivity contribution in [2.24, 2.45) is 0 Å². The minimum Gasteiger partial charge on any atom is -0.491 e. The third-order valence-electron chi connectivity index (χ3n) is 3.23. The second-order valence-electron chi connectivity index (χ2n) is 4.73. The summed E-state index contributed by atoms with van der Waals surface area (Å²) in [7, 11) is 0. The lowest BCUT2D eigenvalue weighted by atomic mass is 10.2. The van der Waals surface area contributed by atoms with Crippen LogP contribution in [-0.2, 0) is 0 Å². The van der Waals surface area contributed by atoms with E-state index in [1.807, 2.05) is 41.0 Å². The first-order chi connectivity index (χ1) is 10.2. The highest BCUT2D eigenvalue weighted by atomic mass is 127. The van der Waals surface area contributed by atoms with E-state index in [4.69, 9.17) is 10.5 Å². The Bertz CT molecular complexity index is 782. The molecule has 0 spiro atoms. The van der Waals surface area contributed by atoms with E-state index < -0.39 is 0 Å². The molecule has 0 radical (unpaired) electrons. The normalized spacial score (nSPS) is 11.0. The molecule has 0 unspecified atom stereocenters. The number of nitrogens with zero attached hydrogens (tertiary/aromatic N) is 2. The van der Waals surface area contributed by atoms with Crippen molar-refractivity contribution in [3.8, 4) is 11.4 Å². The predicted octanol–water partition coefficient (Wildman–Crippen LogP) is 4.00. The summed E-state index contributed by atoms with van der Waals surface area (Å²) in [6.07, 6.45) is 0.961. The zero-order valence-corrected chi connectivity index (χ0v) is 13.9. The van der Waals surface area contributed by atoms with Gasteiger partial charge in [-0.05, 0) is 53.3 Å². The van der Waals surface area contributed by atoms with Gasteiger partial charge < -0.3 is 10.5 Å². The molecule has 2 aromatic carbocycles. The van der Waals surface area contributed by atoms with E-state index in [1.165, 1.54) is 0 Å². The Morgan fingerprint density at radius 2 is 2.00 bits per heavy atom. The third kappa shape index (κ3) is 2.57. The topological polar surface area (TPSA) is 53.1 Å². The minimum absolute atomic E-state index is 0.474. The lowest BCUT2D eigenvalue weighted by Gasteiger charge is -2.09. The van der Waals surface area contributed by atoms with E-state index in [0.29, 0.717) is 12.6 Å². The van der Waals surface area contributed by atoms with Gasteiger partial charge in [-0.15, -0.1) is 0 Å². The minimum atomic E-state index is 0.474. The molecule has 108 valence electrons. The summed E-state index contributed by atoms with van der Waals surface area (Å²) in [5.41, 5.74) is 8.95. The van der Waals surface area contributed by atoms with E-state index >= 15 is 0 Å². The summed E-state index contributed by atoms with van der Waals surface area (Å²) in [6, 6.07) is 14.0. The van der Waals surface area contributed by atoms with Crippen LogP contribution >= 0.6 is 22.6 Å². The van der Waals surface area contributed by atoms with Crippen molar-refractivity contribution in [3.05, 3.63) is 46.0 Å². The molecule has 0 fully saturated rings. The van der Waals surface area contributed by atoms with E-state index in [-0.39, 0.29) is 0 Å². The molecule has 3 aromatic rings. The molecule has 0 amide bonds. The van der Waals surface area contributed by atoms with Gasteiger partial charge in [-0.1, -0.05) is 25.1 Å². The summed E-state index contributed by atoms with van der Waals surface area (Å²) in [5, 5.41) is 0. The Morgan fingerprint density at radius 1 is 1.19 bits per heavy atom. The maximum Gasteiger partial charge on any atom is 0.206 e. The lowest BCUT2D eigenvalue weighted by molar-refractivity contribution is 0.320. The highest BCUT2D eigenvalue weighted by Crippen LogP contribution is 2.31. The Balaban J connectivity index is 2.21. The zero-order chi connectivity index (χ0) is 14.8. The molecule has 0 bridgehead atoms. The van der Waals surface area contributed by atoms with Gasteiger partial charge in [0, 0.05) is 3.57 Å². The quantitative estimate of drug-likeness (QED) is 0.682. The van der Waals surface area contributed by atoms with E-state index in [0.717, 1.165) is 32.5 Å².